The maximum Gasteiger partial charge on any atom is 0.227 e. The topological polar surface area (TPSA) is 59.5 Å². The molecule has 1 fully saturated rings. The number of hydrogen-bond donors (Lipinski definition) is 1. The van der Waals surface area contributed by atoms with E-state index < -0.39 is 0 Å². The van der Waals surface area contributed by atoms with Gasteiger partial charge in [0.05, 0.1) is 25.9 Å². The van der Waals surface area contributed by atoms with Crippen LogP contribution in [0.4, 0.5) is 11.8 Å². The zero-order chi connectivity index (χ0) is 13.7. The van der Waals surface area contributed by atoms with E-state index in [1.165, 1.54) is 0 Å². The standard InChI is InChI=1S/C13H22N4O2/c1-4-10-7-12(14-11-8-19-9-11)16-13(15-10)17(2)5-6-18-3/h7,11H,4-6,8-9H2,1-3H3,(H,14,15,16). The summed E-state index contributed by atoms with van der Waals surface area (Å²) in [7, 11) is 3.67. The van der Waals surface area contributed by atoms with E-state index >= 15 is 0 Å². The maximum absolute atomic E-state index is 5.16. The Balaban J connectivity index is 2.09. The molecular weight excluding hydrogens is 244 g/mol. The molecule has 0 unspecified atom stereocenters. The molecule has 0 atom stereocenters. The van der Waals surface area contributed by atoms with Gasteiger partial charge < -0.3 is 19.7 Å². The predicted octanol–water partition coefficient (Wildman–Crippen LogP) is 0.932. The summed E-state index contributed by atoms with van der Waals surface area (Å²) in [5.74, 6) is 1.61. The van der Waals surface area contributed by atoms with Crippen molar-refractivity contribution in [1.82, 2.24) is 9.97 Å². The van der Waals surface area contributed by atoms with Crippen LogP contribution in [0.25, 0.3) is 0 Å². The molecule has 0 amide bonds. The molecule has 0 saturated carbocycles. The first-order valence-corrected chi connectivity index (χ1v) is 6.65. The number of nitrogens with zero attached hydrogens (tertiary/aromatic N) is 3. The van der Waals surface area contributed by atoms with Crippen molar-refractivity contribution in [3.05, 3.63) is 11.8 Å². The number of likely N-dealkylation sites (N-methyl/N-ethyl adjacent to an activating group) is 1. The van der Waals surface area contributed by atoms with E-state index in [1.54, 1.807) is 7.11 Å². The molecule has 0 aliphatic carbocycles. The summed E-state index contributed by atoms with van der Waals surface area (Å²) in [5.41, 5.74) is 1.04. The smallest absolute Gasteiger partial charge is 0.227 e. The van der Waals surface area contributed by atoms with Gasteiger partial charge in [-0.25, -0.2) is 4.98 Å². The van der Waals surface area contributed by atoms with Gasteiger partial charge in [-0.15, -0.1) is 0 Å². The Kier molecular flexibility index (Phi) is 4.93. The van der Waals surface area contributed by atoms with Crippen LogP contribution in [-0.4, -0.2) is 56.5 Å². The second-order valence-corrected chi connectivity index (χ2v) is 4.69. The number of nitrogens with one attached hydrogen (secondary N) is 1. The summed E-state index contributed by atoms with van der Waals surface area (Å²) < 4.78 is 10.2. The Morgan fingerprint density at radius 3 is 2.84 bits per heavy atom. The Hall–Kier alpha value is -1.40. The van der Waals surface area contributed by atoms with E-state index in [9.17, 15) is 0 Å². The first kappa shape index (κ1) is 14.0. The molecule has 1 aliphatic heterocycles. The molecule has 1 aliphatic rings. The number of aromatic nitrogens is 2. The minimum absolute atomic E-state index is 0.372. The number of anilines is 2. The highest BCUT2D eigenvalue weighted by atomic mass is 16.5. The molecule has 1 aromatic rings. The summed E-state index contributed by atoms with van der Waals surface area (Å²) >= 11 is 0. The van der Waals surface area contributed by atoms with Crippen LogP contribution in [0.5, 0.6) is 0 Å². The van der Waals surface area contributed by atoms with Gasteiger partial charge in [0.2, 0.25) is 5.95 Å². The normalized spacial score (nSPS) is 15.1. The highest BCUT2D eigenvalue weighted by molar-refractivity contribution is 5.44. The Morgan fingerprint density at radius 2 is 2.26 bits per heavy atom. The molecule has 1 aromatic heterocycles. The molecule has 0 spiro atoms. The van der Waals surface area contributed by atoms with Crippen molar-refractivity contribution < 1.29 is 9.47 Å². The SMILES string of the molecule is CCc1cc(NC2COC2)nc(N(C)CCOC)n1. The third-order valence-corrected chi connectivity index (χ3v) is 3.09. The van der Waals surface area contributed by atoms with Crippen molar-refractivity contribution in [3.8, 4) is 0 Å². The molecule has 0 bridgehead atoms. The van der Waals surface area contributed by atoms with Crippen molar-refractivity contribution in [2.45, 2.75) is 19.4 Å². The highest BCUT2D eigenvalue weighted by Gasteiger charge is 2.19. The summed E-state index contributed by atoms with van der Waals surface area (Å²) in [5, 5.41) is 3.37. The monoisotopic (exact) mass is 266 g/mol. The van der Waals surface area contributed by atoms with Crippen molar-refractivity contribution >= 4 is 11.8 Å². The van der Waals surface area contributed by atoms with Crippen LogP contribution in [0.15, 0.2) is 6.07 Å². The van der Waals surface area contributed by atoms with E-state index in [4.69, 9.17) is 9.47 Å². The van der Waals surface area contributed by atoms with Crippen LogP contribution in [-0.2, 0) is 15.9 Å². The molecule has 2 heterocycles. The van der Waals surface area contributed by atoms with Crippen molar-refractivity contribution in [1.29, 1.82) is 0 Å². The number of hydrogen-bond acceptors (Lipinski definition) is 6. The Labute approximate surface area is 114 Å². The van der Waals surface area contributed by atoms with Crippen molar-refractivity contribution in [3.63, 3.8) is 0 Å². The van der Waals surface area contributed by atoms with Crippen LogP contribution in [0.3, 0.4) is 0 Å². The minimum atomic E-state index is 0.372. The quantitative estimate of drug-likeness (QED) is 0.792. The minimum Gasteiger partial charge on any atom is -0.383 e. The van der Waals surface area contributed by atoms with Gasteiger partial charge in [-0.2, -0.15) is 4.98 Å². The predicted molar refractivity (Wildman–Crippen MR) is 74.8 cm³/mol. The number of ether oxygens (including phenoxy) is 2. The fraction of sp³-hybridized carbons (Fsp3) is 0.692. The second-order valence-electron chi connectivity index (χ2n) is 4.69. The third-order valence-electron chi connectivity index (χ3n) is 3.09. The lowest BCUT2D eigenvalue weighted by atomic mass is 10.2. The van der Waals surface area contributed by atoms with Gasteiger partial charge in [0, 0.05) is 32.5 Å². The molecular formula is C13H22N4O2. The molecule has 1 N–H and O–H groups in total. The van der Waals surface area contributed by atoms with Gasteiger partial charge in [0.1, 0.15) is 5.82 Å². The van der Waals surface area contributed by atoms with Crippen LogP contribution >= 0.6 is 0 Å². The van der Waals surface area contributed by atoms with Gasteiger partial charge in [0.15, 0.2) is 0 Å². The highest BCUT2D eigenvalue weighted by Crippen LogP contribution is 2.16. The van der Waals surface area contributed by atoms with Crippen molar-refractivity contribution in [2.75, 3.05) is 50.7 Å². The molecule has 106 valence electrons. The number of rotatable bonds is 7. The van der Waals surface area contributed by atoms with Crippen LogP contribution in [0.1, 0.15) is 12.6 Å². The first-order chi connectivity index (χ1) is 9.22. The number of aryl methyl sites for hydroxylation is 1. The van der Waals surface area contributed by atoms with Gasteiger partial charge in [-0.3, -0.25) is 0 Å². The lowest BCUT2D eigenvalue weighted by molar-refractivity contribution is 0.0209. The van der Waals surface area contributed by atoms with Gasteiger partial charge in [-0.05, 0) is 6.42 Å². The second kappa shape index (κ2) is 6.68. The van der Waals surface area contributed by atoms with Crippen molar-refractivity contribution in [2.24, 2.45) is 0 Å². The van der Waals surface area contributed by atoms with Gasteiger partial charge in [-0.1, -0.05) is 6.92 Å². The van der Waals surface area contributed by atoms with Crippen LogP contribution < -0.4 is 10.2 Å². The summed E-state index contributed by atoms with van der Waals surface area (Å²) in [6.07, 6.45) is 0.892. The maximum atomic E-state index is 5.16. The molecule has 0 radical (unpaired) electrons. The average Bonchev–Trinajstić information content (AvgIpc) is 2.39. The molecule has 6 heteroatoms. The van der Waals surface area contributed by atoms with Crippen LogP contribution in [0.2, 0.25) is 0 Å². The van der Waals surface area contributed by atoms with Gasteiger partial charge >= 0.3 is 0 Å². The van der Waals surface area contributed by atoms with E-state index in [1.807, 2.05) is 18.0 Å². The zero-order valence-electron chi connectivity index (χ0n) is 11.8. The van der Waals surface area contributed by atoms with Crippen LogP contribution in [0, 0.1) is 0 Å². The summed E-state index contributed by atoms with van der Waals surface area (Å²) in [6.45, 7) is 5.03. The number of methoxy groups -OCH3 is 1. The fourth-order valence-electron chi connectivity index (χ4n) is 1.77. The largest absolute Gasteiger partial charge is 0.383 e. The average molecular weight is 266 g/mol. The van der Waals surface area contributed by atoms with E-state index in [-0.39, 0.29) is 0 Å². The van der Waals surface area contributed by atoms with E-state index in [0.717, 1.165) is 43.6 Å². The Bertz CT molecular complexity index is 410. The summed E-state index contributed by atoms with van der Waals surface area (Å²) in [4.78, 5) is 11.1. The van der Waals surface area contributed by atoms with Gasteiger partial charge in [0.25, 0.3) is 0 Å². The lowest BCUT2D eigenvalue weighted by Gasteiger charge is -2.28. The Morgan fingerprint density at radius 1 is 1.47 bits per heavy atom. The first-order valence-electron chi connectivity index (χ1n) is 6.65. The molecule has 6 nitrogen and oxygen atoms in total. The molecule has 2 rings (SSSR count). The molecule has 1 saturated heterocycles. The van der Waals surface area contributed by atoms with E-state index in [2.05, 4.69) is 22.2 Å². The third kappa shape index (κ3) is 3.78. The summed E-state index contributed by atoms with van der Waals surface area (Å²) in [6, 6.07) is 2.38. The fourth-order valence-corrected chi connectivity index (χ4v) is 1.77. The molecule has 0 aromatic carbocycles. The molecule has 19 heavy (non-hydrogen) atoms. The zero-order valence-corrected chi connectivity index (χ0v) is 11.8. The lowest BCUT2D eigenvalue weighted by Crippen LogP contribution is -2.40. The van der Waals surface area contributed by atoms with E-state index in [0.29, 0.717) is 12.6 Å².